The number of hydrogen-bond donors (Lipinski definition) is 0. The fourth-order valence-electron chi connectivity index (χ4n) is 2.68. The highest BCUT2D eigenvalue weighted by Gasteiger charge is 2.32. The summed E-state index contributed by atoms with van der Waals surface area (Å²) in [6.45, 7) is 5.29. The minimum absolute atomic E-state index is 0.146. The molecule has 110 valence electrons. The van der Waals surface area contributed by atoms with Gasteiger partial charge in [-0.1, -0.05) is 0 Å². The van der Waals surface area contributed by atoms with Gasteiger partial charge in [-0.15, -0.1) is 0 Å². The van der Waals surface area contributed by atoms with E-state index in [9.17, 15) is 4.79 Å². The number of carbonyl (C=O) groups is 1. The predicted molar refractivity (Wildman–Crippen MR) is 74.1 cm³/mol. The van der Waals surface area contributed by atoms with Crippen molar-refractivity contribution in [3.63, 3.8) is 0 Å². The van der Waals surface area contributed by atoms with Gasteiger partial charge in [0.2, 0.25) is 5.91 Å². The highest BCUT2D eigenvalue weighted by atomic mass is 16.5. The van der Waals surface area contributed by atoms with Gasteiger partial charge in [0.05, 0.1) is 32.1 Å². The van der Waals surface area contributed by atoms with Gasteiger partial charge >= 0.3 is 0 Å². The molecule has 0 N–H and O–H groups in total. The Morgan fingerprint density at radius 2 is 2.35 bits per heavy atom. The van der Waals surface area contributed by atoms with Crippen LogP contribution >= 0.6 is 0 Å². The molecule has 1 aliphatic carbocycles. The van der Waals surface area contributed by atoms with Crippen LogP contribution in [0.3, 0.4) is 0 Å². The number of ether oxygens (including phenoxy) is 1. The summed E-state index contributed by atoms with van der Waals surface area (Å²) < 4.78 is 10.9. The summed E-state index contributed by atoms with van der Waals surface area (Å²) in [4.78, 5) is 16.6. The van der Waals surface area contributed by atoms with Gasteiger partial charge in [0, 0.05) is 19.1 Å². The summed E-state index contributed by atoms with van der Waals surface area (Å²) in [5, 5.41) is 0. The van der Waals surface area contributed by atoms with E-state index < -0.39 is 0 Å². The van der Waals surface area contributed by atoms with Crippen LogP contribution in [0.15, 0.2) is 22.8 Å². The van der Waals surface area contributed by atoms with Crippen molar-refractivity contribution in [3.05, 3.63) is 24.2 Å². The lowest BCUT2D eigenvalue weighted by atomic mass is 10.3. The third kappa shape index (κ3) is 3.41. The zero-order valence-corrected chi connectivity index (χ0v) is 12.0. The number of hydrogen-bond acceptors (Lipinski definition) is 4. The van der Waals surface area contributed by atoms with Crippen molar-refractivity contribution in [2.24, 2.45) is 0 Å². The largest absolute Gasteiger partial charge is 0.468 e. The number of nitrogens with zero attached hydrogens (tertiary/aromatic N) is 2. The van der Waals surface area contributed by atoms with Crippen LogP contribution in [0, 0.1) is 0 Å². The van der Waals surface area contributed by atoms with Crippen LogP contribution in [-0.4, -0.2) is 54.1 Å². The lowest BCUT2D eigenvalue weighted by Gasteiger charge is -2.33. The fourth-order valence-corrected chi connectivity index (χ4v) is 2.68. The van der Waals surface area contributed by atoms with Crippen molar-refractivity contribution in [1.82, 2.24) is 9.80 Å². The van der Waals surface area contributed by atoms with E-state index in [1.165, 1.54) is 12.8 Å². The van der Waals surface area contributed by atoms with E-state index in [1.807, 2.05) is 24.0 Å². The minimum Gasteiger partial charge on any atom is -0.468 e. The first-order valence-electron chi connectivity index (χ1n) is 7.38. The highest BCUT2D eigenvalue weighted by Crippen LogP contribution is 2.28. The van der Waals surface area contributed by atoms with Crippen molar-refractivity contribution in [3.8, 4) is 0 Å². The van der Waals surface area contributed by atoms with E-state index in [0.717, 1.165) is 12.3 Å². The SMILES string of the molecule is C[C@H]1CN(C(=O)CN(Cc2ccco2)C2CC2)CCO1. The smallest absolute Gasteiger partial charge is 0.236 e. The average Bonchev–Trinajstić information content (AvgIpc) is 3.16. The van der Waals surface area contributed by atoms with E-state index in [0.29, 0.717) is 32.3 Å². The van der Waals surface area contributed by atoms with Crippen LogP contribution in [0.4, 0.5) is 0 Å². The van der Waals surface area contributed by atoms with Crippen molar-refractivity contribution in [2.45, 2.75) is 38.5 Å². The number of rotatable bonds is 5. The van der Waals surface area contributed by atoms with Gasteiger partial charge in [-0.3, -0.25) is 9.69 Å². The second kappa shape index (κ2) is 5.97. The number of carbonyl (C=O) groups excluding carboxylic acids is 1. The summed E-state index contributed by atoms with van der Waals surface area (Å²) in [5.74, 6) is 1.14. The van der Waals surface area contributed by atoms with E-state index >= 15 is 0 Å². The molecule has 0 unspecified atom stereocenters. The molecule has 20 heavy (non-hydrogen) atoms. The molecule has 5 heteroatoms. The average molecular weight is 278 g/mol. The molecule has 2 fully saturated rings. The number of morpholine rings is 1. The van der Waals surface area contributed by atoms with Gasteiger partial charge in [0.1, 0.15) is 5.76 Å². The maximum Gasteiger partial charge on any atom is 0.236 e. The summed E-state index contributed by atoms with van der Waals surface area (Å²) in [7, 11) is 0. The van der Waals surface area contributed by atoms with Crippen molar-refractivity contribution >= 4 is 5.91 Å². The lowest BCUT2D eigenvalue weighted by molar-refractivity contribution is -0.139. The van der Waals surface area contributed by atoms with E-state index in [1.54, 1.807) is 6.26 Å². The molecule has 1 aliphatic heterocycles. The zero-order chi connectivity index (χ0) is 13.9. The number of furan rings is 1. The van der Waals surface area contributed by atoms with Crippen LogP contribution in [0.25, 0.3) is 0 Å². The molecule has 2 aliphatic rings. The molecule has 1 atom stereocenters. The quantitative estimate of drug-likeness (QED) is 0.818. The van der Waals surface area contributed by atoms with Crippen LogP contribution in [0.1, 0.15) is 25.5 Å². The molecule has 0 bridgehead atoms. The topological polar surface area (TPSA) is 45.9 Å². The maximum atomic E-state index is 12.4. The molecule has 1 saturated carbocycles. The first-order valence-corrected chi connectivity index (χ1v) is 7.38. The van der Waals surface area contributed by atoms with Crippen LogP contribution in [0.2, 0.25) is 0 Å². The molecule has 1 aromatic heterocycles. The van der Waals surface area contributed by atoms with E-state index in [2.05, 4.69) is 4.90 Å². The van der Waals surface area contributed by atoms with Gasteiger partial charge in [-0.05, 0) is 31.9 Å². The normalized spacial score (nSPS) is 23.3. The Labute approximate surface area is 119 Å². The minimum atomic E-state index is 0.146. The summed E-state index contributed by atoms with van der Waals surface area (Å²) in [5.41, 5.74) is 0. The van der Waals surface area contributed by atoms with Crippen LogP contribution < -0.4 is 0 Å². The molecule has 0 radical (unpaired) electrons. The van der Waals surface area contributed by atoms with Crippen molar-refractivity contribution in [1.29, 1.82) is 0 Å². The standard InChI is InChI=1S/C15H22N2O3/c1-12-9-16(6-8-19-12)15(18)11-17(13-4-5-13)10-14-3-2-7-20-14/h2-3,7,12-13H,4-6,8-11H2,1H3/t12-/m0/s1. The maximum absolute atomic E-state index is 12.4. The van der Waals surface area contributed by atoms with Crippen molar-refractivity contribution < 1.29 is 13.9 Å². The molecular weight excluding hydrogens is 256 g/mol. The Bertz CT molecular complexity index is 442. The van der Waals surface area contributed by atoms with E-state index in [4.69, 9.17) is 9.15 Å². The van der Waals surface area contributed by atoms with Gasteiger partial charge in [-0.25, -0.2) is 0 Å². The highest BCUT2D eigenvalue weighted by molar-refractivity contribution is 5.78. The molecule has 1 amide bonds. The summed E-state index contributed by atoms with van der Waals surface area (Å²) in [6.07, 6.45) is 4.21. The Morgan fingerprint density at radius 3 is 3.00 bits per heavy atom. The Balaban J connectivity index is 1.57. The third-order valence-electron chi connectivity index (χ3n) is 3.93. The van der Waals surface area contributed by atoms with Gasteiger partial charge in [-0.2, -0.15) is 0 Å². The lowest BCUT2D eigenvalue weighted by Crippen LogP contribution is -2.48. The Hall–Kier alpha value is -1.33. The van der Waals surface area contributed by atoms with Gasteiger partial charge in [0.25, 0.3) is 0 Å². The Morgan fingerprint density at radius 1 is 1.50 bits per heavy atom. The predicted octanol–water partition coefficient (Wildman–Crippen LogP) is 1.49. The molecule has 2 heterocycles. The molecule has 1 aromatic rings. The first-order chi connectivity index (χ1) is 9.72. The molecule has 1 saturated heterocycles. The molecule has 0 spiro atoms. The molecule has 0 aromatic carbocycles. The molecule has 5 nitrogen and oxygen atoms in total. The van der Waals surface area contributed by atoms with Crippen LogP contribution in [0.5, 0.6) is 0 Å². The monoisotopic (exact) mass is 278 g/mol. The zero-order valence-electron chi connectivity index (χ0n) is 12.0. The van der Waals surface area contributed by atoms with Crippen LogP contribution in [-0.2, 0) is 16.1 Å². The molecular formula is C15H22N2O3. The number of amides is 1. The summed E-state index contributed by atoms with van der Waals surface area (Å²) in [6, 6.07) is 4.41. The third-order valence-corrected chi connectivity index (χ3v) is 3.93. The van der Waals surface area contributed by atoms with E-state index in [-0.39, 0.29) is 12.0 Å². The van der Waals surface area contributed by atoms with Crippen molar-refractivity contribution in [2.75, 3.05) is 26.2 Å². The second-order valence-corrected chi connectivity index (χ2v) is 5.74. The van der Waals surface area contributed by atoms with Gasteiger partial charge < -0.3 is 14.1 Å². The molecule has 3 rings (SSSR count). The summed E-state index contributed by atoms with van der Waals surface area (Å²) >= 11 is 0. The van der Waals surface area contributed by atoms with Gasteiger partial charge in [0.15, 0.2) is 0 Å². The fraction of sp³-hybridized carbons (Fsp3) is 0.667. The Kier molecular flexibility index (Phi) is 4.08. The first kappa shape index (κ1) is 13.6. The second-order valence-electron chi connectivity index (χ2n) is 5.74.